The number of amides is 1. The summed E-state index contributed by atoms with van der Waals surface area (Å²) in [6.45, 7) is 1.63. The Morgan fingerprint density at radius 3 is 2.69 bits per heavy atom. The lowest BCUT2D eigenvalue weighted by molar-refractivity contribution is -0.383. The molecule has 1 aromatic heterocycles. The van der Waals surface area contributed by atoms with Crippen LogP contribution in [0.2, 0.25) is 0 Å². The number of fused-ring (bicyclic) bond motifs is 4. The number of benzene rings is 3. The van der Waals surface area contributed by atoms with Crippen molar-refractivity contribution in [3.63, 3.8) is 0 Å². The van der Waals surface area contributed by atoms with E-state index < -0.39 is 14.9 Å². The first-order chi connectivity index (χ1) is 18.6. The molecular weight excluding hydrogens is 546 g/mol. The second-order valence-corrected chi connectivity index (χ2v) is 11.5. The van der Waals surface area contributed by atoms with Crippen molar-refractivity contribution in [3.8, 4) is 5.75 Å². The summed E-state index contributed by atoms with van der Waals surface area (Å²) in [6.07, 6.45) is 0.464. The number of nitrogens with one attached hydrogen (secondary N) is 2. The summed E-state index contributed by atoms with van der Waals surface area (Å²) in [5.74, 6) is 0.373. The Kier molecular flexibility index (Phi) is 7.21. The Hall–Kier alpha value is -3.71. The molecule has 204 valence electrons. The standard InChI is InChI=1S/C26H26ClN5O6S/c1-30(2)9-10-38-17-3-6-22-16(11-17)12-23(29-22)26(33)31-8-7-20-19-5-4-18(39(36,37)28-15-27)13-21(19)25(32(34)35)14-24(20)31/h3-6,11-14,28-29H,7-10,15H2,1-2H3. The lowest BCUT2D eigenvalue weighted by Gasteiger charge is -2.17. The number of aromatic nitrogens is 1. The van der Waals surface area contributed by atoms with Gasteiger partial charge in [-0.1, -0.05) is 6.07 Å². The van der Waals surface area contributed by atoms with Crippen LogP contribution < -0.4 is 14.4 Å². The molecule has 0 saturated heterocycles. The highest BCUT2D eigenvalue weighted by molar-refractivity contribution is 7.89. The highest BCUT2D eigenvalue weighted by atomic mass is 35.5. The highest BCUT2D eigenvalue weighted by Crippen LogP contribution is 2.41. The molecule has 11 nitrogen and oxygen atoms in total. The number of nitrogens with zero attached hydrogens (tertiary/aromatic N) is 3. The van der Waals surface area contributed by atoms with Gasteiger partial charge in [0.1, 0.15) is 18.1 Å². The molecule has 2 heterocycles. The van der Waals surface area contributed by atoms with Gasteiger partial charge in [-0.25, -0.2) is 8.42 Å². The SMILES string of the molecule is CN(C)CCOc1ccc2[nH]c(C(=O)N3CCc4c3cc([N+](=O)[O-])c3cc(S(=O)(=O)NCCl)ccc43)cc2c1. The molecule has 0 fully saturated rings. The second kappa shape index (κ2) is 10.5. The zero-order chi connectivity index (χ0) is 27.9. The van der Waals surface area contributed by atoms with Crippen LogP contribution in [0.3, 0.4) is 0 Å². The van der Waals surface area contributed by atoms with Crippen molar-refractivity contribution >= 4 is 60.6 Å². The van der Waals surface area contributed by atoms with Crippen LogP contribution in [-0.4, -0.2) is 68.9 Å². The molecule has 3 aromatic carbocycles. The summed E-state index contributed by atoms with van der Waals surface area (Å²) in [4.78, 5) is 31.6. The van der Waals surface area contributed by atoms with E-state index in [2.05, 4.69) is 9.71 Å². The monoisotopic (exact) mass is 571 g/mol. The molecule has 0 spiro atoms. The molecule has 0 unspecified atom stereocenters. The minimum absolute atomic E-state index is 0.132. The van der Waals surface area contributed by atoms with Crippen molar-refractivity contribution in [2.45, 2.75) is 11.3 Å². The molecule has 0 aliphatic carbocycles. The van der Waals surface area contributed by atoms with Gasteiger partial charge in [-0.15, -0.1) is 11.6 Å². The molecule has 2 N–H and O–H groups in total. The van der Waals surface area contributed by atoms with Crippen molar-refractivity contribution in [2.75, 3.05) is 44.7 Å². The fraction of sp³-hybridized carbons (Fsp3) is 0.269. The number of hydrogen-bond acceptors (Lipinski definition) is 7. The molecule has 1 amide bonds. The molecule has 0 radical (unpaired) electrons. The number of nitro benzene ring substituents is 1. The molecule has 1 aliphatic rings. The Balaban J connectivity index is 1.50. The number of alkyl halides is 1. The number of non-ortho nitro benzene ring substituents is 1. The number of nitro groups is 1. The van der Waals surface area contributed by atoms with E-state index >= 15 is 0 Å². The zero-order valence-electron chi connectivity index (χ0n) is 21.2. The first kappa shape index (κ1) is 26.9. The molecule has 39 heavy (non-hydrogen) atoms. The molecule has 5 rings (SSSR count). The zero-order valence-corrected chi connectivity index (χ0v) is 22.8. The van der Waals surface area contributed by atoms with Crippen molar-refractivity contribution < 1.29 is 22.9 Å². The minimum Gasteiger partial charge on any atom is -0.492 e. The Morgan fingerprint density at radius 1 is 1.18 bits per heavy atom. The van der Waals surface area contributed by atoms with Crippen LogP contribution in [0.1, 0.15) is 16.1 Å². The lowest BCUT2D eigenvalue weighted by Crippen LogP contribution is -2.29. The van der Waals surface area contributed by atoms with Gasteiger partial charge in [0.15, 0.2) is 0 Å². The number of sulfonamides is 1. The van der Waals surface area contributed by atoms with Gasteiger partial charge in [0.2, 0.25) is 10.0 Å². The highest BCUT2D eigenvalue weighted by Gasteiger charge is 2.32. The lowest BCUT2D eigenvalue weighted by atomic mass is 10.0. The minimum atomic E-state index is -3.93. The van der Waals surface area contributed by atoms with Gasteiger partial charge in [0, 0.05) is 30.1 Å². The largest absolute Gasteiger partial charge is 0.492 e. The number of carbonyl (C=O) groups excluding carboxylic acids is 1. The predicted octanol–water partition coefficient (Wildman–Crippen LogP) is 3.85. The smallest absolute Gasteiger partial charge is 0.279 e. The predicted molar refractivity (Wildman–Crippen MR) is 149 cm³/mol. The van der Waals surface area contributed by atoms with E-state index in [9.17, 15) is 23.3 Å². The third-order valence-corrected chi connectivity index (χ3v) is 8.37. The number of halogens is 1. The van der Waals surface area contributed by atoms with Crippen LogP contribution >= 0.6 is 11.6 Å². The van der Waals surface area contributed by atoms with E-state index in [4.69, 9.17) is 16.3 Å². The Labute approximate surface area is 229 Å². The van der Waals surface area contributed by atoms with E-state index in [1.165, 1.54) is 23.1 Å². The van der Waals surface area contributed by atoms with Crippen LogP contribution in [0.15, 0.2) is 53.4 Å². The van der Waals surface area contributed by atoms with Crippen molar-refractivity contribution in [1.29, 1.82) is 0 Å². The molecule has 13 heteroatoms. The summed E-state index contributed by atoms with van der Waals surface area (Å²) in [5.41, 5.74) is 2.00. The van der Waals surface area contributed by atoms with Crippen LogP contribution in [-0.2, 0) is 16.4 Å². The van der Waals surface area contributed by atoms with Crippen LogP contribution in [0.5, 0.6) is 5.75 Å². The maximum atomic E-state index is 13.6. The molecule has 0 atom stereocenters. The normalized spacial score (nSPS) is 13.4. The first-order valence-electron chi connectivity index (χ1n) is 12.1. The van der Waals surface area contributed by atoms with Crippen molar-refractivity contribution in [3.05, 3.63) is 69.9 Å². The summed E-state index contributed by atoms with van der Waals surface area (Å²) >= 11 is 5.53. The third kappa shape index (κ3) is 5.15. The van der Waals surface area contributed by atoms with Gasteiger partial charge in [-0.2, -0.15) is 4.72 Å². The molecule has 0 bridgehead atoms. The van der Waals surface area contributed by atoms with Crippen molar-refractivity contribution in [1.82, 2.24) is 14.6 Å². The number of aromatic amines is 1. The fourth-order valence-electron chi connectivity index (χ4n) is 4.77. The topological polar surface area (TPSA) is 138 Å². The quantitative estimate of drug-likeness (QED) is 0.135. The number of ether oxygens (including phenoxy) is 1. The second-order valence-electron chi connectivity index (χ2n) is 9.43. The van der Waals surface area contributed by atoms with Crippen LogP contribution in [0, 0.1) is 10.1 Å². The third-order valence-electron chi connectivity index (χ3n) is 6.68. The van der Waals surface area contributed by atoms with Gasteiger partial charge in [-0.05, 0) is 67.9 Å². The van der Waals surface area contributed by atoms with E-state index in [0.29, 0.717) is 42.1 Å². The molecule has 4 aromatic rings. The molecule has 0 saturated carbocycles. The number of carbonyl (C=O) groups is 1. The Morgan fingerprint density at radius 2 is 1.97 bits per heavy atom. The molecule has 1 aliphatic heterocycles. The number of likely N-dealkylation sites (N-methyl/N-ethyl adjacent to an activating group) is 1. The van der Waals surface area contributed by atoms with Gasteiger partial charge in [0.05, 0.1) is 26.9 Å². The van der Waals surface area contributed by atoms with E-state index in [1.807, 2.05) is 37.2 Å². The number of H-pyrrole nitrogens is 1. The van der Waals surface area contributed by atoms with E-state index in [-0.39, 0.29) is 27.9 Å². The molecular formula is C26H26ClN5O6S. The van der Waals surface area contributed by atoms with Gasteiger partial charge >= 0.3 is 0 Å². The van der Waals surface area contributed by atoms with Gasteiger partial charge in [0.25, 0.3) is 11.6 Å². The summed E-state index contributed by atoms with van der Waals surface area (Å²) in [7, 11) is 0.00226. The van der Waals surface area contributed by atoms with Crippen LogP contribution in [0.4, 0.5) is 11.4 Å². The maximum absolute atomic E-state index is 13.6. The van der Waals surface area contributed by atoms with Gasteiger partial charge in [-0.3, -0.25) is 14.9 Å². The van der Waals surface area contributed by atoms with E-state index in [0.717, 1.165) is 23.0 Å². The fourth-order valence-corrected chi connectivity index (χ4v) is 6.03. The average molecular weight is 572 g/mol. The number of rotatable bonds is 9. The number of hydrogen-bond donors (Lipinski definition) is 2. The Bertz CT molecular complexity index is 1720. The maximum Gasteiger partial charge on any atom is 0.279 e. The first-order valence-corrected chi connectivity index (χ1v) is 14.1. The summed E-state index contributed by atoms with van der Waals surface area (Å²) in [5, 5.41) is 13.5. The average Bonchev–Trinajstić information content (AvgIpc) is 3.51. The van der Waals surface area contributed by atoms with E-state index in [1.54, 1.807) is 12.1 Å². The summed E-state index contributed by atoms with van der Waals surface area (Å²) in [6, 6.07) is 12.5. The van der Waals surface area contributed by atoms with Gasteiger partial charge < -0.3 is 19.5 Å². The van der Waals surface area contributed by atoms with Crippen LogP contribution in [0.25, 0.3) is 21.7 Å². The van der Waals surface area contributed by atoms with Crippen molar-refractivity contribution in [2.24, 2.45) is 0 Å². The summed E-state index contributed by atoms with van der Waals surface area (Å²) < 4.78 is 32.8. The number of anilines is 1.